The van der Waals surface area contributed by atoms with Crippen molar-refractivity contribution in [3.05, 3.63) is 59.7 Å². The SMILES string of the molecule is CC(C)(C)Oc1ccc(CNc2ccccc2C(=O)O)cc1. The molecule has 0 aliphatic heterocycles. The van der Waals surface area contributed by atoms with Crippen molar-refractivity contribution in [3.8, 4) is 5.75 Å². The Bertz CT molecular complexity index is 642. The maximum absolute atomic E-state index is 11.2. The van der Waals surface area contributed by atoms with Gasteiger partial charge in [-0.3, -0.25) is 0 Å². The lowest BCUT2D eigenvalue weighted by Gasteiger charge is -2.21. The highest BCUT2D eigenvalue weighted by Gasteiger charge is 2.11. The molecule has 4 heteroatoms. The van der Waals surface area contributed by atoms with Crippen LogP contribution in [0.25, 0.3) is 0 Å². The van der Waals surface area contributed by atoms with E-state index in [2.05, 4.69) is 5.32 Å². The number of hydrogen-bond donors (Lipinski definition) is 2. The van der Waals surface area contributed by atoms with Crippen LogP contribution in [0.4, 0.5) is 5.69 Å². The number of carboxylic acids is 1. The van der Waals surface area contributed by atoms with E-state index in [0.29, 0.717) is 12.2 Å². The van der Waals surface area contributed by atoms with Crippen molar-refractivity contribution in [3.63, 3.8) is 0 Å². The van der Waals surface area contributed by atoms with Crippen molar-refractivity contribution in [2.75, 3.05) is 5.32 Å². The van der Waals surface area contributed by atoms with Gasteiger partial charge in [0.15, 0.2) is 0 Å². The Morgan fingerprint density at radius 3 is 2.32 bits per heavy atom. The molecule has 0 amide bonds. The predicted molar refractivity (Wildman–Crippen MR) is 87.6 cm³/mol. The minimum atomic E-state index is -0.933. The second-order valence-corrected chi connectivity index (χ2v) is 6.06. The van der Waals surface area contributed by atoms with Crippen molar-refractivity contribution in [1.29, 1.82) is 0 Å². The molecule has 0 atom stereocenters. The zero-order valence-corrected chi connectivity index (χ0v) is 13.1. The van der Waals surface area contributed by atoms with Gasteiger partial charge >= 0.3 is 5.97 Å². The standard InChI is InChI=1S/C18H21NO3/c1-18(2,3)22-14-10-8-13(9-11-14)12-19-16-7-5-4-6-15(16)17(20)21/h4-11,19H,12H2,1-3H3,(H,20,21). The Morgan fingerprint density at radius 1 is 1.09 bits per heavy atom. The average Bonchev–Trinajstić information content (AvgIpc) is 2.45. The van der Waals surface area contributed by atoms with E-state index in [0.717, 1.165) is 11.3 Å². The van der Waals surface area contributed by atoms with Crippen molar-refractivity contribution in [2.45, 2.75) is 32.9 Å². The third kappa shape index (κ3) is 4.52. The van der Waals surface area contributed by atoms with Crippen molar-refractivity contribution >= 4 is 11.7 Å². The smallest absolute Gasteiger partial charge is 0.337 e. The van der Waals surface area contributed by atoms with Gasteiger partial charge in [0.1, 0.15) is 11.4 Å². The van der Waals surface area contributed by atoms with Crippen LogP contribution in [0.3, 0.4) is 0 Å². The highest BCUT2D eigenvalue weighted by atomic mass is 16.5. The largest absolute Gasteiger partial charge is 0.488 e. The third-order valence-electron chi connectivity index (χ3n) is 2.99. The van der Waals surface area contributed by atoms with Crippen molar-refractivity contribution in [2.24, 2.45) is 0 Å². The first kappa shape index (κ1) is 15.9. The summed E-state index contributed by atoms with van der Waals surface area (Å²) in [6.45, 7) is 6.57. The van der Waals surface area contributed by atoms with E-state index in [-0.39, 0.29) is 11.2 Å². The summed E-state index contributed by atoms with van der Waals surface area (Å²) in [6.07, 6.45) is 0. The molecule has 0 radical (unpaired) electrons. The normalized spacial score (nSPS) is 11.0. The molecule has 0 unspecified atom stereocenters. The van der Waals surface area contributed by atoms with Gasteiger partial charge in [0.25, 0.3) is 0 Å². The van der Waals surface area contributed by atoms with Crippen LogP contribution < -0.4 is 10.1 Å². The molecule has 0 fully saturated rings. The molecule has 0 aliphatic carbocycles. The Hall–Kier alpha value is -2.49. The zero-order valence-electron chi connectivity index (χ0n) is 13.1. The highest BCUT2D eigenvalue weighted by molar-refractivity contribution is 5.94. The van der Waals surface area contributed by atoms with E-state index in [1.54, 1.807) is 18.2 Å². The van der Waals surface area contributed by atoms with Gasteiger partial charge in [-0.2, -0.15) is 0 Å². The van der Waals surface area contributed by atoms with Gasteiger partial charge in [-0.15, -0.1) is 0 Å². The number of benzene rings is 2. The van der Waals surface area contributed by atoms with Crippen LogP contribution >= 0.6 is 0 Å². The van der Waals surface area contributed by atoms with Gasteiger partial charge in [0.2, 0.25) is 0 Å². The minimum Gasteiger partial charge on any atom is -0.488 e. The molecule has 2 aromatic carbocycles. The molecule has 116 valence electrons. The summed E-state index contributed by atoms with van der Waals surface area (Å²) in [5.41, 5.74) is 1.72. The first-order chi connectivity index (χ1) is 10.3. The van der Waals surface area contributed by atoms with Crippen LogP contribution in [-0.2, 0) is 6.54 Å². The molecule has 0 aromatic heterocycles. The van der Waals surface area contributed by atoms with Gasteiger partial charge in [0.05, 0.1) is 5.56 Å². The number of aromatic carboxylic acids is 1. The minimum absolute atomic E-state index is 0.222. The molecule has 0 spiro atoms. The lowest BCUT2D eigenvalue weighted by molar-refractivity contribution is 0.0698. The third-order valence-corrected chi connectivity index (χ3v) is 2.99. The molecule has 2 N–H and O–H groups in total. The maximum atomic E-state index is 11.2. The van der Waals surface area contributed by atoms with Gasteiger partial charge in [-0.1, -0.05) is 24.3 Å². The number of para-hydroxylation sites is 1. The predicted octanol–water partition coefficient (Wildman–Crippen LogP) is 4.17. The van der Waals surface area contributed by atoms with Crippen LogP contribution in [0.1, 0.15) is 36.7 Å². The quantitative estimate of drug-likeness (QED) is 0.869. The molecule has 0 bridgehead atoms. The van der Waals surface area contributed by atoms with Gasteiger partial charge in [-0.25, -0.2) is 4.79 Å². The summed E-state index contributed by atoms with van der Waals surface area (Å²) < 4.78 is 5.77. The molecule has 22 heavy (non-hydrogen) atoms. The summed E-state index contributed by atoms with van der Waals surface area (Å²) in [7, 11) is 0. The molecule has 2 aromatic rings. The second-order valence-electron chi connectivity index (χ2n) is 6.06. The van der Waals surface area contributed by atoms with E-state index >= 15 is 0 Å². The van der Waals surface area contributed by atoms with Crippen LogP contribution in [0, 0.1) is 0 Å². The van der Waals surface area contributed by atoms with Crippen molar-refractivity contribution in [1.82, 2.24) is 0 Å². The molecule has 2 rings (SSSR count). The maximum Gasteiger partial charge on any atom is 0.337 e. The molecular weight excluding hydrogens is 278 g/mol. The Labute approximate surface area is 130 Å². The first-order valence-electron chi connectivity index (χ1n) is 7.19. The average molecular weight is 299 g/mol. The van der Waals surface area contributed by atoms with Crippen LogP contribution in [0.5, 0.6) is 5.75 Å². The number of hydrogen-bond acceptors (Lipinski definition) is 3. The summed E-state index contributed by atoms with van der Waals surface area (Å²) in [5.74, 6) is -0.112. The Kier molecular flexibility index (Phi) is 4.71. The fraction of sp³-hybridized carbons (Fsp3) is 0.278. The van der Waals surface area contributed by atoms with Crippen molar-refractivity contribution < 1.29 is 14.6 Å². The van der Waals surface area contributed by atoms with Crippen LogP contribution in [0.2, 0.25) is 0 Å². The molecule has 0 aliphatic rings. The Morgan fingerprint density at radius 2 is 1.73 bits per heavy atom. The number of carbonyl (C=O) groups is 1. The summed E-state index contributed by atoms with van der Waals surface area (Å²) in [4.78, 5) is 11.2. The molecule has 0 heterocycles. The number of carboxylic acid groups (broad SMARTS) is 1. The van der Waals surface area contributed by atoms with Gasteiger partial charge in [0, 0.05) is 12.2 Å². The number of anilines is 1. The van der Waals surface area contributed by atoms with Gasteiger partial charge in [-0.05, 0) is 50.6 Å². The van der Waals surface area contributed by atoms with E-state index in [1.807, 2.05) is 51.1 Å². The summed E-state index contributed by atoms with van der Waals surface area (Å²) in [5, 5.41) is 12.3. The number of nitrogens with one attached hydrogen (secondary N) is 1. The molecule has 0 saturated heterocycles. The molecular formula is C18H21NO3. The lowest BCUT2D eigenvalue weighted by atomic mass is 10.1. The first-order valence-corrected chi connectivity index (χ1v) is 7.19. The lowest BCUT2D eigenvalue weighted by Crippen LogP contribution is -2.22. The number of rotatable bonds is 5. The van der Waals surface area contributed by atoms with E-state index in [1.165, 1.54) is 0 Å². The number of ether oxygens (including phenoxy) is 1. The zero-order chi connectivity index (χ0) is 16.2. The van der Waals surface area contributed by atoms with Crippen LogP contribution in [-0.4, -0.2) is 16.7 Å². The van der Waals surface area contributed by atoms with Gasteiger partial charge < -0.3 is 15.2 Å². The fourth-order valence-corrected chi connectivity index (χ4v) is 2.05. The Balaban J connectivity index is 2.02. The molecule has 0 saturated carbocycles. The van der Waals surface area contributed by atoms with Crippen LogP contribution in [0.15, 0.2) is 48.5 Å². The monoisotopic (exact) mass is 299 g/mol. The van der Waals surface area contributed by atoms with E-state index in [9.17, 15) is 4.79 Å². The van der Waals surface area contributed by atoms with E-state index < -0.39 is 5.97 Å². The molecule has 4 nitrogen and oxygen atoms in total. The fourth-order valence-electron chi connectivity index (χ4n) is 2.05. The topological polar surface area (TPSA) is 58.6 Å². The highest BCUT2D eigenvalue weighted by Crippen LogP contribution is 2.20. The summed E-state index contributed by atoms with van der Waals surface area (Å²) >= 11 is 0. The summed E-state index contributed by atoms with van der Waals surface area (Å²) in [6, 6.07) is 14.7. The van der Waals surface area contributed by atoms with E-state index in [4.69, 9.17) is 9.84 Å². The second kappa shape index (κ2) is 6.52.